The summed E-state index contributed by atoms with van der Waals surface area (Å²) in [5.74, 6) is 0.951. The van der Waals surface area contributed by atoms with Gasteiger partial charge in [0, 0.05) is 30.9 Å². The van der Waals surface area contributed by atoms with E-state index in [1.807, 2.05) is 18.2 Å². The van der Waals surface area contributed by atoms with E-state index in [4.69, 9.17) is 25.8 Å². The molecule has 0 atom stereocenters. The van der Waals surface area contributed by atoms with Crippen LogP contribution in [0, 0.1) is 5.82 Å². The third-order valence-electron chi connectivity index (χ3n) is 4.27. The van der Waals surface area contributed by atoms with Crippen LogP contribution in [0.4, 0.5) is 4.39 Å². The Morgan fingerprint density at radius 1 is 1.07 bits per heavy atom. The Bertz CT molecular complexity index is 731. The summed E-state index contributed by atoms with van der Waals surface area (Å²) >= 11 is 6.10. The maximum Gasteiger partial charge on any atom is 0.166 e. The van der Waals surface area contributed by atoms with Gasteiger partial charge in [0.2, 0.25) is 0 Å². The first-order chi connectivity index (χ1) is 13.7. The first kappa shape index (κ1) is 25.5. The average Bonchev–Trinajstić information content (AvgIpc) is 2.69. The van der Waals surface area contributed by atoms with Crippen LogP contribution in [0.5, 0.6) is 11.5 Å². The van der Waals surface area contributed by atoms with Crippen LogP contribution in [0.3, 0.4) is 0 Å². The Balaban J connectivity index is 0.00000420. The molecule has 0 amide bonds. The maximum atomic E-state index is 13.2. The summed E-state index contributed by atoms with van der Waals surface area (Å²) in [7, 11) is 1.61. The molecule has 0 radical (unpaired) electrons. The molecule has 2 rings (SSSR count). The predicted octanol–water partition coefficient (Wildman–Crippen LogP) is 5.78. The molecule has 29 heavy (non-hydrogen) atoms. The molecular formula is C22H30Cl2FNO3. The van der Waals surface area contributed by atoms with Gasteiger partial charge in [0.05, 0.1) is 12.1 Å². The van der Waals surface area contributed by atoms with E-state index in [2.05, 4.69) is 12.2 Å². The molecule has 0 spiro atoms. The fourth-order valence-corrected chi connectivity index (χ4v) is 2.91. The van der Waals surface area contributed by atoms with E-state index < -0.39 is 0 Å². The van der Waals surface area contributed by atoms with E-state index in [0.717, 1.165) is 50.1 Å². The summed E-state index contributed by atoms with van der Waals surface area (Å²) in [6.07, 6.45) is 3.21. The van der Waals surface area contributed by atoms with Crippen LogP contribution >= 0.6 is 24.0 Å². The molecule has 162 valence electrons. The van der Waals surface area contributed by atoms with Gasteiger partial charge in [-0.3, -0.25) is 0 Å². The molecule has 1 N–H and O–H groups in total. The smallest absolute Gasteiger partial charge is 0.166 e. The van der Waals surface area contributed by atoms with Crippen LogP contribution in [-0.2, 0) is 17.9 Å². The quantitative estimate of drug-likeness (QED) is 0.396. The van der Waals surface area contributed by atoms with Crippen molar-refractivity contribution in [3.05, 3.63) is 58.4 Å². The highest BCUT2D eigenvalue weighted by atomic mass is 35.5. The van der Waals surface area contributed by atoms with Crippen molar-refractivity contribution in [3.8, 4) is 11.5 Å². The minimum Gasteiger partial charge on any atom is -0.493 e. The molecule has 0 saturated heterocycles. The number of unbranched alkanes of at least 4 members (excludes halogenated alkanes) is 1. The van der Waals surface area contributed by atoms with Crippen molar-refractivity contribution in [2.45, 2.75) is 39.3 Å². The zero-order chi connectivity index (χ0) is 20.2. The summed E-state index contributed by atoms with van der Waals surface area (Å²) in [5.41, 5.74) is 1.71. The van der Waals surface area contributed by atoms with Crippen LogP contribution in [0.1, 0.15) is 37.3 Å². The van der Waals surface area contributed by atoms with E-state index in [1.165, 1.54) is 12.1 Å². The third kappa shape index (κ3) is 8.79. The topological polar surface area (TPSA) is 39.7 Å². The van der Waals surface area contributed by atoms with Gasteiger partial charge in [0.15, 0.2) is 11.5 Å². The Morgan fingerprint density at radius 3 is 2.59 bits per heavy atom. The molecular weight excluding hydrogens is 416 g/mol. The highest BCUT2D eigenvalue weighted by Crippen LogP contribution is 2.32. The number of benzene rings is 2. The maximum absolute atomic E-state index is 13.2. The second-order valence-corrected chi connectivity index (χ2v) is 6.88. The predicted molar refractivity (Wildman–Crippen MR) is 118 cm³/mol. The van der Waals surface area contributed by atoms with Crippen molar-refractivity contribution in [1.29, 1.82) is 0 Å². The normalized spacial score (nSPS) is 10.5. The van der Waals surface area contributed by atoms with Crippen molar-refractivity contribution in [3.63, 3.8) is 0 Å². The Morgan fingerprint density at radius 2 is 1.86 bits per heavy atom. The second-order valence-electron chi connectivity index (χ2n) is 6.47. The van der Waals surface area contributed by atoms with Gasteiger partial charge in [-0.1, -0.05) is 43.1 Å². The lowest BCUT2D eigenvalue weighted by atomic mass is 10.1. The molecule has 0 aliphatic rings. The summed E-state index contributed by atoms with van der Waals surface area (Å²) in [6, 6.07) is 10.1. The number of hydrogen-bond donors (Lipinski definition) is 1. The Hall–Kier alpha value is -1.53. The van der Waals surface area contributed by atoms with Gasteiger partial charge in [0.1, 0.15) is 12.4 Å². The summed E-state index contributed by atoms with van der Waals surface area (Å²) in [6.45, 7) is 5.49. The molecule has 4 nitrogen and oxygen atoms in total. The van der Waals surface area contributed by atoms with Crippen LogP contribution in [0.2, 0.25) is 5.02 Å². The lowest BCUT2D eigenvalue weighted by Gasteiger charge is -2.16. The van der Waals surface area contributed by atoms with Gasteiger partial charge in [-0.2, -0.15) is 0 Å². The van der Waals surface area contributed by atoms with Crippen molar-refractivity contribution >= 4 is 24.0 Å². The van der Waals surface area contributed by atoms with Crippen molar-refractivity contribution in [2.75, 3.05) is 26.9 Å². The van der Waals surface area contributed by atoms with E-state index >= 15 is 0 Å². The van der Waals surface area contributed by atoms with Crippen LogP contribution in [0.15, 0.2) is 36.4 Å². The number of nitrogens with one attached hydrogen (secondary N) is 1. The van der Waals surface area contributed by atoms with Crippen LogP contribution in [-0.4, -0.2) is 26.9 Å². The van der Waals surface area contributed by atoms with Crippen LogP contribution in [0.25, 0.3) is 0 Å². The summed E-state index contributed by atoms with van der Waals surface area (Å²) in [4.78, 5) is 0. The third-order valence-corrected chi connectivity index (χ3v) is 4.62. The first-order valence-corrected chi connectivity index (χ1v) is 10.0. The zero-order valence-corrected chi connectivity index (χ0v) is 18.6. The number of hydrogen-bond acceptors (Lipinski definition) is 4. The average molecular weight is 446 g/mol. The van der Waals surface area contributed by atoms with Gasteiger partial charge in [-0.25, -0.2) is 4.39 Å². The second kappa shape index (κ2) is 14.5. The van der Waals surface area contributed by atoms with E-state index in [0.29, 0.717) is 23.1 Å². The number of rotatable bonds is 13. The SMILES string of the molecule is CCCCOCCCNCc1cccc(OC)c1OCc1ccc(F)cc1Cl.Cl. The van der Waals surface area contributed by atoms with Gasteiger partial charge < -0.3 is 19.5 Å². The van der Waals surface area contributed by atoms with E-state index in [9.17, 15) is 4.39 Å². The fourth-order valence-electron chi connectivity index (χ4n) is 2.68. The zero-order valence-electron chi connectivity index (χ0n) is 17.0. The fraction of sp³-hybridized carbons (Fsp3) is 0.455. The van der Waals surface area contributed by atoms with Gasteiger partial charge in [-0.05, 0) is 37.6 Å². The molecule has 7 heteroatoms. The molecule has 2 aromatic carbocycles. The van der Waals surface area contributed by atoms with Gasteiger partial charge >= 0.3 is 0 Å². The monoisotopic (exact) mass is 445 g/mol. The lowest BCUT2D eigenvalue weighted by Crippen LogP contribution is -2.17. The molecule has 0 fully saturated rings. The molecule has 0 aliphatic heterocycles. The Labute approximate surface area is 184 Å². The lowest BCUT2D eigenvalue weighted by molar-refractivity contribution is 0.128. The molecule has 0 bridgehead atoms. The highest BCUT2D eigenvalue weighted by Gasteiger charge is 2.12. The summed E-state index contributed by atoms with van der Waals surface area (Å²) in [5, 5.41) is 3.76. The van der Waals surface area contributed by atoms with Crippen molar-refractivity contribution in [1.82, 2.24) is 5.32 Å². The number of methoxy groups -OCH3 is 1. The van der Waals surface area contributed by atoms with E-state index in [-0.39, 0.29) is 24.8 Å². The van der Waals surface area contributed by atoms with Crippen molar-refractivity contribution < 1.29 is 18.6 Å². The minimum atomic E-state index is -0.366. The molecule has 0 unspecified atom stereocenters. The molecule has 2 aromatic rings. The summed E-state index contributed by atoms with van der Waals surface area (Å²) < 4.78 is 30.2. The molecule has 0 saturated carbocycles. The highest BCUT2D eigenvalue weighted by molar-refractivity contribution is 6.31. The number of ether oxygens (including phenoxy) is 3. The first-order valence-electron chi connectivity index (χ1n) is 9.66. The standard InChI is InChI=1S/C22H29ClFNO3.ClH/c1-3-4-12-27-13-6-11-25-15-17-7-5-8-21(26-2)22(17)28-16-18-9-10-19(24)14-20(18)23;/h5,7-10,14,25H,3-4,6,11-13,15-16H2,1-2H3;1H. The minimum absolute atomic E-state index is 0. The number of halogens is 3. The van der Waals surface area contributed by atoms with Crippen molar-refractivity contribution in [2.24, 2.45) is 0 Å². The molecule has 0 aliphatic carbocycles. The molecule has 0 aromatic heterocycles. The van der Waals surface area contributed by atoms with Crippen LogP contribution < -0.4 is 14.8 Å². The largest absolute Gasteiger partial charge is 0.493 e. The van der Waals surface area contributed by atoms with Gasteiger partial charge in [-0.15, -0.1) is 12.4 Å². The van der Waals surface area contributed by atoms with E-state index in [1.54, 1.807) is 13.2 Å². The Kier molecular flexibility index (Phi) is 12.7. The molecule has 0 heterocycles. The number of para-hydroxylation sites is 1. The van der Waals surface area contributed by atoms with Gasteiger partial charge in [0.25, 0.3) is 0 Å².